The number of aromatic nitrogens is 1. The summed E-state index contributed by atoms with van der Waals surface area (Å²) in [7, 11) is 1.59. The highest BCUT2D eigenvalue weighted by Gasteiger charge is 2.41. The topological polar surface area (TPSA) is 74.7 Å². The Morgan fingerprint density at radius 1 is 1.29 bits per heavy atom. The maximum Gasteiger partial charge on any atom is 0.249 e. The lowest BCUT2D eigenvalue weighted by molar-refractivity contribution is -0.143. The third-order valence-electron chi connectivity index (χ3n) is 8.48. The van der Waals surface area contributed by atoms with Crippen LogP contribution in [0.15, 0.2) is 24.4 Å². The van der Waals surface area contributed by atoms with Gasteiger partial charge in [0.25, 0.3) is 0 Å². The maximum absolute atomic E-state index is 15.8. The first kappa shape index (κ1) is 25.8. The molecule has 1 aliphatic carbocycles. The van der Waals surface area contributed by atoms with Gasteiger partial charge < -0.3 is 9.64 Å². The molecule has 2 heterocycles. The van der Waals surface area contributed by atoms with Gasteiger partial charge in [-0.25, -0.2) is 9.87 Å². The van der Waals surface area contributed by atoms with Gasteiger partial charge in [-0.3, -0.25) is 15.0 Å². The van der Waals surface area contributed by atoms with Crippen LogP contribution in [0.2, 0.25) is 0 Å². The maximum atomic E-state index is 15.8. The van der Waals surface area contributed by atoms with Crippen molar-refractivity contribution in [2.75, 3.05) is 26.7 Å². The van der Waals surface area contributed by atoms with Gasteiger partial charge in [-0.2, -0.15) is 0 Å². The molecule has 0 radical (unpaired) electrons. The Balaban J connectivity index is 1.42. The highest BCUT2D eigenvalue weighted by atomic mass is 19.1. The summed E-state index contributed by atoms with van der Waals surface area (Å²) in [5.74, 6) is 1.12. The zero-order valence-electron chi connectivity index (χ0n) is 21.2. The Labute approximate surface area is 208 Å². The molecule has 0 unspecified atom stereocenters. The number of hydroxylamine groups is 1. The highest BCUT2D eigenvalue weighted by molar-refractivity contribution is 5.85. The van der Waals surface area contributed by atoms with E-state index in [-0.39, 0.29) is 12.3 Å². The molecule has 4 rings (SSSR count). The van der Waals surface area contributed by atoms with Crippen LogP contribution in [0.1, 0.15) is 81.5 Å². The molecule has 7 heteroatoms. The van der Waals surface area contributed by atoms with Gasteiger partial charge in [0.05, 0.1) is 18.0 Å². The van der Waals surface area contributed by atoms with E-state index in [4.69, 9.17) is 4.74 Å². The van der Waals surface area contributed by atoms with Crippen molar-refractivity contribution in [1.82, 2.24) is 15.4 Å². The fourth-order valence-corrected chi connectivity index (χ4v) is 6.14. The average molecular weight is 486 g/mol. The van der Waals surface area contributed by atoms with Crippen molar-refractivity contribution in [3.63, 3.8) is 0 Å². The Kier molecular flexibility index (Phi) is 8.60. The number of methoxy groups -OCH3 is 1. The molecule has 2 N–H and O–H groups in total. The second kappa shape index (κ2) is 11.7. The number of alkyl halides is 1. The molecule has 1 aromatic carbocycles. The summed E-state index contributed by atoms with van der Waals surface area (Å²) >= 11 is 0. The molecule has 1 aromatic heterocycles. The van der Waals surface area contributed by atoms with Crippen LogP contribution in [-0.2, 0) is 4.79 Å². The van der Waals surface area contributed by atoms with E-state index in [1.807, 2.05) is 30.6 Å². The molecule has 1 saturated heterocycles. The number of ether oxygens (including phenoxy) is 1. The number of halogens is 1. The van der Waals surface area contributed by atoms with Crippen molar-refractivity contribution in [3.8, 4) is 5.75 Å². The zero-order chi connectivity index (χ0) is 24.8. The molecular weight excluding hydrogens is 445 g/mol. The van der Waals surface area contributed by atoms with Crippen LogP contribution >= 0.6 is 0 Å². The number of carbonyl (C=O) groups excluding carboxylic acids is 1. The van der Waals surface area contributed by atoms with Crippen molar-refractivity contribution in [1.29, 1.82) is 0 Å². The third kappa shape index (κ3) is 5.95. The van der Waals surface area contributed by atoms with Crippen molar-refractivity contribution in [2.45, 2.75) is 77.3 Å². The zero-order valence-corrected chi connectivity index (χ0v) is 21.2. The minimum absolute atomic E-state index is 0.215. The monoisotopic (exact) mass is 485 g/mol. The smallest absolute Gasteiger partial charge is 0.249 e. The van der Waals surface area contributed by atoms with Crippen LogP contribution in [0.4, 0.5) is 4.39 Å². The molecule has 1 amide bonds. The van der Waals surface area contributed by atoms with Crippen LogP contribution < -0.4 is 10.2 Å². The van der Waals surface area contributed by atoms with Gasteiger partial charge in [0.15, 0.2) is 0 Å². The number of hydrogen-bond donors (Lipinski definition) is 2. The second-order valence-corrected chi connectivity index (χ2v) is 10.6. The van der Waals surface area contributed by atoms with E-state index in [1.54, 1.807) is 13.3 Å². The molecule has 6 nitrogen and oxygen atoms in total. The number of rotatable bonds is 9. The number of pyridine rings is 1. The van der Waals surface area contributed by atoms with Crippen LogP contribution in [0.25, 0.3) is 10.9 Å². The number of aryl methyl sites for hydroxylation is 1. The first-order chi connectivity index (χ1) is 17.0. The van der Waals surface area contributed by atoms with E-state index in [9.17, 15) is 10.0 Å². The predicted octanol–water partition coefficient (Wildman–Crippen LogP) is 5.90. The molecule has 35 heavy (non-hydrogen) atoms. The van der Waals surface area contributed by atoms with Gasteiger partial charge >= 0.3 is 0 Å². The van der Waals surface area contributed by atoms with E-state index in [0.29, 0.717) is 30.6 Å². The first-order valence-electron chi connectivity index (χ1n) is 13.2. The minimum atomic E-state index is -1.24. The summed E-state index contributed by atoms with van der Waals surface area (Å²) < 4.78 is 21.1. The lowest BCUT2D eigenvalue weighted by atomic mass is 9.73. The summed E-state index contributed by atoms with van der Waals surface area (Å²) in [5, 5.41) is 10.2. The van der Waals surface area contributed by atoms with Crippen molar-refractivity contribution >= 4 is 16.8 Å². The molecule has 2 aromatic rings. The fraction of sp³-hybridized carbons (Fsp3) is 0.643. The quantitative estimate of drug-likeness (QED) is 0.342. The second-order valence-electron chi connectivity index (χ2n) is 10.6. The molecule has 1 aliphatic heterocycles. The van der Waals surface area contributed by atoms with E-state index in [0.717, 1.165) is 42.0 Å². The standard InChI is InChI=1S/C28H40FN3O3/c1-20-19-30-25-9-8-22(35-2)18-23(25)26(20)24(29)10-12-28(27(33)31-34)13-16-32(17-14-28)15-11-21-6-4-3-5-7-21/h8-9,18-19,21,24,34H,3-7,10-17H2,1-2H3,(H,31,33)/t24-/m1/s1. The summed E-state index contributed by atoms with van der Waals surface area (Å²) in [4.78, 5) is 19.7. The summed E-state index contributed by atoms with van der Waals surface area (Å²) in [6.45, 7) is 4.56. The molecule has 192 valence electrons. The van der Waals surface area contributed by atoms with Gasteiger partial charge in [0.1, 0.15) is 11.9 Å². The van der Waals surface area contributed by atoms with Crippen molar-refractivity contribution in [2.24, 2.45) is 11.3 Å². The predicted molar refractivity (Wildman–Crippen MR) is 135 cm³/mol. The summed E-state index contributed by atoms with van der Waals surface area (Å²) in [5.41, 5.74) is 3.27. The van der Waals surface area contributed by atoms with Crippen LogP contribution in [0, 0.1) is 18.3 Å². The molecule has 0 bridgehead atoms. The number of hydrogen-bond acceptors (Lipinski definition) is 5. The molecule has 1 saturated carbocycles. The first-order valence-corrected chi connectivity index (χ1v) is 13.2. The Morgan fingerprint density at radius 2 is 2.03 bits per heavy atom. The average Bonchev–Trinajstić information content (AvgIpc) is 2.90. The van der Waals surface area contributed by atoms with Crippen molar-refractivity contribution in [3.05, 3.63) is 35.5 Å². The number of likely N-dealkylation sites (tertiary alicyclic amines) is 1. The van der Waals surface area contributed by atoms with Crippen LogP contribution in [0.5, 0.6) is 5.75 Å². The molecule has 0 spiro atoms. The van der Waals surface area contributed by atoms with Gasteiger partial charge in [0.2, 0.25) is 5.91 Å². The number of nitrogens with zero attached hydrogens (tertiary/aromatic N) is 2. The number of fused-ring (bicyclic) bond motifs is 1. The third-order valence-corrected chi connectivity index (χ3v) is 8.48. The van der Waals surface area contributed by atoms with E-state index >= 15 is 4.39 Å². The summed E-state index contributed by atoms with van der Waals surface area (Å²) in [6, 6.07) is 5.50. The minimum Gasteiger partial charge on any atom is -0.497 e. The fourth-order valence-electron chi connectivity index (χ4n) is 6.14. The Bertz CT molecular complexity index is 1000. The lowest BCUT2D eigenvalue weighted by Crippen LogP contribution is -2.48. The van der Waals surface area contributed by atoms with Gasteiger partial charge in [0, 0.05) is 11.6 Å². The highest BCUT2D eigenvalue weighted by Crippen LogP contribution is 2.41. The lowest BCUT2D eigenvalue weighted by Gasteiger charge is -2.41. The number of nitrogens with one attached hydrogen (secondary N) is 1. The van der Waals surface area contributed by atoms with Crippen molar-refractivity contribution < 1.29 is 19.1 Å². The van der Waals surface area contributed by atoms with Gasteiger partial charge in [-0.1, -0.05) is 32.1 Å². The Hall–Kier alpha value is -2.25. The van der Waals surface area contributed by atoms with Gasteiger partial charge in [-0.05, 0) is 93.9 Å². The van der Waals surface area contributed by atoms with Crippen LogP contribution in [-0.4, -0.2) is 47.7 Å². The van der Waals surface area contributed by atoms with Gasteiger partial charge in [-0.15, -0.1) is 0 Å². The number of benzene rings is 1. The normalized spacial score (nSPS) is 20.0. The van der Waals surface area contributed by atoms with E-state index in [1.165, 1.54) is 38.5 Å². The molecule has 2 aliphatic rings. The molecule has 1 atom stereocenters. The van der Waals surface area contributed by atoms with E-state index in [2.05, 4.69) is 9.88 Å². The number of carbonyl (C=O) groups is 1. The largest absolute Gasteiger partial charge is 0.497 e. The molecule has 2 fully saturated rings. The number of piperidine rings is 1. The SMILES string of the molecule is COc1ccc2ncc(C)c([C@H](F)CCC3(C(=O)NO)CCN(CCC4CCCCC4)CC3)c2c1. The number of amides is 1. The molecular formula is C28H40FN3O3. The summed E-state index contributed by atoms with van der Waals surface area (Å²) in [6.07, 6.45) is 10.4. The van der Waals surface area contributed by atoms with Crippen LogP contribution in [0.3, 0.4) is 0 Å². The Morgan fingerprint density at radius 3 is 2.71 bits per heavy atom. The van der Waals surface area contributed by atoms with E-state index < -0.39 is 11.6 Å².